The summed E-state index contributed by atoms with van der Waals surface area (Å²) in [5, 5.41) is 4.70. The molecular weight excluding hydrogens is 254 g/mol. The molecule has 2 aromatic rings. The lowest BCUT2D eigenvalue weighted by molar-refractivity contribution is 0.227. The number of benzene rings is 1. The van der Waals surface area contributed by atoms with Crippen LogP contribution in [0, 0.1) is 6.92 Å². The molecule has 3 nitrogen and oxygen atoms in total. The number of piperidine rings is 1. The smallest absolute Gasteiger partial charge is 0.184 e. The Balaban J connectivity index is 1.76. The number of nitrogens with zero attached hydrogens (tertiary/aromatic N) is 2. The topological polar surface area (TPSA) is 28.2 Å². The van der Waals surface area contributed by atoms with E-state index in [1.54, 1.807) is 11.3 Å². The van der Waals surface area contributed by atoms with Crippen molar-refractivity contribution in [3.05, 3.63) is 23.8 Å². The van der Waals surface area contributed by atoms with Crippen LogP contribution in [0.25, 0.3) is 10.2 Å². The molecule has 1 aromatic carbocycles. The minimum atomic E-state index is 0.551. The van der Waals surface area contributed by atoms with Gasteiger partial charge in [-0.2, -0.15) is 0 Å². The predicted octanol–water partition coefficient (Wildman–Crippen LogP) is 3.50. The Labute approximate surface area is 118 Å². The number of thiazole rings is 1. The fraction of sp³-hybridized carbons (Fsp3) is 0.533. The van der Waals surface area contributed by atoms with Gasteiger partial charge in [-0.05, 0) is 44.5 Å². The van der Waals surface area contributed by atoms with Crippen LogP contribution in [0.1, 0.15) is 25.3 Å². The molecule has 19 heavy (non-hydrogen) atoms. The van der Waals surface area contributed by atoms with Gasteiger partial charge in [-0.1, -0.05) is 30.4 Å². The quantitative estimate of drug-likeness (QED) is 0.929. The van der Waals surface area contributed by atoms with Gasteiger partial charge in [0.1, 0.15) is 0 Å². The number of anilines is 1. The Bertz CT molecular complexity index is 564. The number of nitrogens with one attached hydrogen (secondary N) is 1. The Kier molecular flexibility index (Phi) is 3.71. The average molecular weight is 275 g/mol. The maximum Gasteiger partial charge on any atom is 0.184 e. The van der Waals surface area contributed by atoms with Crippen LogP contribution in [0.5, 0.6) is 0 Å². The number of likely N-dealkylation sites (N-methyl/N-ethyl adjacent to an activating group) is 1. The van der Waals surface area contributed by atoms with Gasteiger partial charge in [-0.3, -0.25) is 0 Å². The molecule has 1 atom stereocenters. The standard InChI is InChI=1S/C15H21N3S/c1-3-18-9-5-7-12(10-18)16-15-17-14-11(2)6-4-8-13(14)19-15/h4,6,8,12H,3,5,7,9-10H2,1-2H3,(H,16,17). The van der Waals surface area contributed by atoms with Crippen LogP contribution in [-0.2, 0) is 0 Å². The molecule has 2 heterocycles. The lowest BCUT2D eigenvalue weighted by atomic mass is 10.1. The van der Waals surface area contributed by atoms with E-state index in [1.165, 1.54) is 29.6 Å². The average Bonchev–Trinajstić information content (AvgIpc) is 2.83. The molecule has 0 radical (unpaired) electrons. The molecule has 1 aliphatic heterocycles. The van der Waals surface area contributed by atoms with Crippen molar-refractivity contribution in [2.45, 2.75) is 32.7 Å². The van der Waals surface area contributed by atoms with E-state index in [4.69, 9.17) is 4.98 Å². The second-order valence-corrected chi connectivity index (χ2v) is 6.35. The lowest BCUT2D eigenvalue weighted by Gasteiger charge is -2.32. The van der Waals surface area contributed by atoms with E-state index in [2.05, 4.69) is 42.3 Å². The molecule has 0 bridgehead atoms. The van der Waals surface area contributed by atoms with Crippen molar-refractivity contribution in [2.75, 3.05) is 25.0 Å². The zero-order valence-electron chi connectivity index (χ0n) is 11.6. The predicted molar refractivity (Wildman–Crippen MR) is 83.1 cm³/mol. The first-order chi connectivity index (χ1) is 9.26. The first-order valence-electron chi connectivity index (χ1n) is 7.11. The fourth-order valence-corrected chi connectivity index (χ4v) is 3.80. The fourth-order valence-electron chi connectivity index (χ4n) is 2.78. The van der Waals surface area contributed by atoms with Crippen LogP contribution in [0.3, 0.4) is 0 Å². The van der Waals surface area contributed by atoms with E-state index >= 15 is 0 Å². The van der Waals surface area contributed by atoms with E-state index in [0.717, 1.165) is 23.7 Å². The highest BCUT2D eigenvalue weighted by Gasteiger charge is 2.19. The molecule has 1 fully saturated rings. The third-order valence-corrected chi connectivity index (χ3v) is 4.85. The Morgan fingerprint density at radius 2 is 2.37 bits per heavy atom. The molecule has 102 valence electrons. The Morgan fingerprint density at radius 3 is 3.16 bits per heavy atom. The summed E-state index contributed by atoms with van der Waals surface area (Å²) in [5.74, 6) is 0. The second-order valence-electron chi connectivity index (χ2n) is 5.32. The van der Waals surface area contributed by atoms with Gasteiger partial charge in [-0.25, -0.2) is 4.98 Å². The van der Waals surface area contributed by atoms with Crippen molar-refractivity contribution < 1.29 is 0 Å². The number of hydrogen-bond donors (Lipinski definition) is 1. The highest BCUT2D eigenvalue weighted by Crippen LogP contribution is 2.29. The van der Waals surface area contributed by atoms with Crippen molar-refractivity contribution in [3.63, 3.8) is 0 Å². The van der Waals surface area contributed by atoms with Gasteiger partial charge in [0.05, 0.1) is 10.2 Å². The van der Waals surface area contributed by atoms with Crippen LogP contribution >= 0.6 is 11.3 Å². The third-order valence-electron chi connectivity index (χ3n) is 3.90. The summed E-state index contributed by atoms with van der Waals surface area (Å²) in [6.45, 7) is 7.91. The largest absolute Gasteiger partial charge is 0.357 e. The normalized spacial score (nSPS) is 20.8. The molecule has 1 aliphatic rings. The van der Waals surface area contributed by atoms with Crippen LogP contribution in [0.15, 0.2) is 18.2 Å². The number of para-hydroxylation sites is 1. The first-order valence-corrected chi connectivity index (χ1v) is 7.93. The number of fused-ring (bicyclic) bond motifs is 1. The monoisotopic (exact) mass is 275 g/mol. The van der Waals surface area contributed by atoms with Gasteiger partial charge in [-0.15, -0.1) is 0 Å². The molecule has 4 heteroatoms. The van der Waals surface area contributed by atoms with E-state index in [0.29, 0.717) is 6.04 Å². The molecule has 3 rings (SSSR count). The Hall–Kier alpha value is -1.13. The maximum absolute atomic E-state index is 4.75. The van der Waals surface area contributed by atoms with E-state index in [-0.39, 0.29) is 0 Å². The summed E-state index contributed by atoms with van der Waals surface area (Å²) in [6, 6.07) is 6.95. The molecular formula is C15H21N3S. The number of likely N-dealkylation sites (tertiary alicyclic amines) is 1. The van der Waals surface area contributed by atoms with Crippen LogP contribution in [0.4, 0.5) is 5.13 Å². The molecule has 1 unspecified atom stereocenters. The molecule has 1 aromatic heterocycles. The van der Waals surface area contributed by atoms with E-state index < -0.39 is 0 Å². The van der Waals surface area contributed by atoms with Gasteiger partial charge in [0.25, 0.3) is 0 Å². The highest BCUT2D eigenvalue weighted by molar-refractivity contribution is 7.22. The zero-order valence-corrected chi connectivity index (χ0v) is 12.5. The summed E-state index contributed by atoms with van der Waals surface area (Å²) in [4.78, 5) is 7.26. The summed E-state index contributed by atoms with van der Waals surface area (Å²) in [5.41, 5.74) is 2.42. The lowest BCUT2D eigenvalue weighted by Crippen LogP contribution is -2.41. The van der Waals surface area contributed by atoms with Gasteiger partial charge in [0, 0.05) is 12.6 Å². The summed E-state index contributed by atoms with van der Waals surface area (Å²) in [7, 11) is 0. The molecule has 1 saturated heterocycles. The molecule has 1 N–H and O–H groups in total. The summed E-state index contributed by atoms with van der Waals surface area (Å²) >= 11 is 1.77. The van der Waals surface area contributed by atoms with Crippen molar-refractivity contribution in [2.24, 2.45) is 0 Å². The SMILES string of the molecule is CCN1CCCC(Nc2nc3c(C)cccc3s2)C1. The van der Waals surface area contributed by atoms with Gasteiger partial charge in [0.15, 0.2) is 5.13 Å². The molecule has 0 amide bonds. The highest BCUT2D eigenvalue weighted by atomic mass is 32.1. The van der Waals surface area contributed by atoms with E-state index in [1.807, 2.05) is 0 Å². The van der Waals surface area contributed by atoms with Crippen molar-refractivity contribution in [3.8, 4) is 0 Å². The Morgan fingerprint density at radius 1 is 1.47 bits per heavy atom. The summed E-state index contributed by atoms with van der Waals surface area (Å²) in [6.07, 6.45) is 2.54. The second kappa shape index (κ2) is 5.47. The van der Waals surface area contributed by atoms with Crippen LogP contribution in [0.2, 0.25) is 0 Å². The zero-order chi connectivity index (χ0) is 13.2. The third kappa shape index (κ3) is 2.74. The number of aromatic nitrogens is 1. The van der Waals surface area contributed by atoms with Crippen LogP contribution in [-0.4, -0.2) is 35.6 Å². The molecule has 0 spiro atoms. The number of rotatable bonds is 3. The van der Waals surface area contributed by atoms with Gasteiger partial charge >= 0.3 is 0 Å². The van der Waals surface area contributed by atoms with Crippen LogP contribution < -0.4 is 5.32 Å². The number of aryl methyl sites for hydroxylation is 1. The van der Waals surface area contributed by atoms with Gasteiger partial charge < -0.3 is 10.2 Å². The van der Waals surface area contributed by atoms with E-state index in [9.17, 15) is 0 Å². The van der Waals surface area contributed by atoms with Crippen molar-refractivity contribution in [1.82, 2.24) is 9.88 Å². The maximum atomic E-state index is 4.75. The number of hydrogen-bond acceptors (Lipinski definition) is 4. The first kappa shape index (κ1) is 12.9. The van der Waals surface area contributed by atoms with Crippen molar-refractivity contribution >= 4 is 26.7 Å². The van der Waals surface area contributed by atoms with Crippen molar-refractivity contribution in [1.29, 1.82) is 0 Å². The minimum Gasteiger partial charge on any atom is -0.357 e. The minimum absolute atomic E-state index is 0.551. The molecule has 0 aliphatic carbocycles. The molecule has 0 saturated carbocycles. The summed E-state index contributed by atoms with van der Waals surface area (Å²) < 4.78 is 1.28. The van der Waals surface area contributed by atoms with Gasteiger partial charge in [0.2, 0.25) is 0 Å².